The van der Waals surface area contributed by atoms with Crippen LogP contribution in [-0.4, -0.2) is 19.1 Å². The SMILES string of the molecule is Cc1cn(Cc2cccc(Cn3cc(C)c(=O)[nH]c3=O)c2)c(=O)[nH]c1=O. The molecular weight excluding hydrogens is 336 g/mol. The van der Waals surface area contributed by atoms with Crippen LogP contribution < -0.4 is 22.5 Å². The van der Waals surface area contributed by atoms with Gasteiger partial charge in [0.2, 0.25) is 0 Å². The fourth-order valence-corrected chi connectivity index (χ4v) is 2.69. The summed E-state index contributed by atoms with van der Waals surface area (Å²) < 4.78 is 2.85. The lowest BCUT2D eigenvalue weighted by Gasteiger charge is -2.10. The van der Waals surface area contributed by atoms with Crippen LogP contribution in [-0.2, 0) is 13.1 Å². The summed E-state index contributed by atoms with van der Waals surface area (Å²) in [5.74, 6) is 0. The molecule has 0 aliphatic rings. The zero-order chi connectivity index (χ0) is 18.8. The van der Waals surface area contributed by atoms with Crippen LogP contribution in [0.25, 0.3) is 0 Å². The van der Waals surface area contributed by atoms with E-state index in [4.69, 9.17) is 0 Å². The number of aryl methyl sites for hydroxylation is 2. The lowest BCUT2D eigenvalue weighted by Crippen LogP contribution is -2.31. The van der Waals surface area contributed by atoms with E-state index in [2.05, 4.69) is 9.97 Å². The molecule has 0 aliphatic heterocycles. The zero-order valence-electron chi connectivity index (χ0n) is 14.4. The third-order valence-electron chi connectivity index (χ3n) is 4.08. The van der Waals surface area contributed by atoms with Gasteiger partial charge in [0.1, 0.15) is 0 Å². The van der Waals surface area contributed by atoms with E-state index in [0.29, 0.717) is 24.2 Å². The molecule has 3 rings (SSSR count). The lowest BCUT2D eigenvalue weighted by molar-refractivity contribution is 0.700. The summed E-state index contributed by atoms with van der Waals surface area (Å²) in [7, 11) is 0. The molecule has 0 atom stereocenters. The molecule has 0 radical (unpaired) electrons. The van der Waals surface area contributed by atoms with Crippen LogP contribution in [0.2, 0.25) is 0 Å². The minimum absolute atomic E-state index is 0.295. The minimum Gasteiger partial charge on any atom is -0.296 e. The van der Waals surface area contributed by atoms with Gasteiger partial charge in [0.25, 0.3) is 11.1 Å². The maximum Gasteiger partial charge on any atom is 0.328 e. The average Bonchev–Trinajstić information content (AvgIpc) is 2.58. The van der Waals surface area contributed by atoms with Crippen molar-refractivity contribution in [2.45, 2.75) is 26.9 Å². The monoisotopic (exact) mass is 354 g/mol. The number of nitrogens with one attached hydrogen (secondary N) is 2. The lowest BCUT2D eigenvalue weighted by atomic mass is 10.1. The van der Waals surface area contributed by atoms with Crippen LogP contribution in [0.4, 0.5) is 0 Å². The van der Waals surface area contributed by atoms with E-state index in [0.717, 1.165) is 11.1 Å². The highest BCUT2D eigenvalue weighted by atomic mass is 16.2. The number of aromatic nitrogens is 4. The van der Waals surface area contributed by atoms with Crippen molar-refractivity contribution in [3.8, 4) is 0 Å². The van der Waals surface area contributed by atoms with Crippen LogP contribution in [0.1, 0.15) is 22.3 Å². The number of rotatable bonds is 4. The number of aromatic amines is 2. The van der Waals surface area contributed by atoms with E-state index in [1.54, 1.807) is 13.8 Å². The van der Waals surface area contributed by atoms with E-state index in [1.807, 2.05) is 24.3 Å². The highest BCUT2D eigenvalue weighted by molar-refractivity contribution is 5.24. The van der Waals surface area contributed by atoms with E-state index in [1.165, 1.54) is 21.5 Å². The Morgan fingerprint density at radius 1 is 0.769 bits per heavy atom. The fourth-order valence-electron chi connectivity index (χ4n) is 2.69. The Morgan fingerprint density at radius 3 is 1.62 bits per heavy atom. The van der Waals surface area contributed by atoms with Crippen molar-refractivity contribution in [2.24, 2.45) is 0 Å². The molecule has 8 nitrogen and oxygen atoms in total. The Balaban J connectivity index is 1.90. The molecule has 2 heterocycles. The Kier molecular flexibility index (Phi) is 4.57. The van der Waals surface area contributed by atoms with Crippen molar-refractivity contribution in [3.63, 3.8) is 0 Å². The first-order valence-corrected chi connectivity index (χ1v) is 8.02. The smallest absolute Gasteiger partial charge is 0.296 e. The average molecular weight is 354 g/mol. The van der Waals surface area contributed by atoms with Crippen LogP contribution in [0.5, 0.6) is 0 Å². The normalized spacial score (nSPS) is 10.8. The van der Waals surface area contributed by atoms with Crippen molar-refractivity contribution in [1.29, 1.82) is 0 Å². The maximum absolute atomic E-state index is 11.9. The molecule has 0 bridgehead atoms. The molecule has 0 saturated carbocycles. The topological polar surface area (TPSA) is 110 Å². The molecule has 1 aromatic carbocycles. The van der Waals surface area contributed by atoms with Gasteiger partial charge in [-0.1, -0.05) is 24.3 Å². The molecule has 0 unspecified atom stereocenters. The maximum atomic E-state index is 11.9. The van der Waals surface area contributed by atoms with E-state index in [-0.39, 0.29) is 0 Å². The summed E-state index contributed by atoms with van der Waals surface area (Å²) in [6, 6.07) is 7.42. The third kappa shape index (κ3) is 3.64. The first-order valence-electron chi connectivity index (χ1n) is 8.02. The van der Waals surface area contributed by atoms with E-state index >= 15 is 0 Å². The molecular formula is C18H18N4O4. The molecule has 26 heavy (non-hydrogen) atoms. The first-order chi connectivity index (χ1) is 12.3. The first kappa shape index (κ1) is 17.4. The zero-order valence-corrected chi connectivity index (χ0v) is 14.4. The van der Waals surface area contributed by atoms with Crippen molar-refractivity contribution < 1.29 is 0 Å². The Labute approximate surface area is 147 Å². The Hall–Kier alpha value is -3.42. The summed E-state index contributed by atoms with van der Waals surface area (Å²) in [5.41, 5.74) is 0.875. The van der Waals surface area contributed by atoms with Crippen molar-refractivity contribution in [2.75, 3.05) is 0 Å². The molecule has 8 heteroatoms. The molecule has 2 N–H and O–H groups in total. The number of H-pyrrole nitrogens is 2. The van der Waals surface area contributed by atoms with Crippen LogP contribution in [0.3, 0.4) is 0 Å². The number of benzene rings is 1. The number of nitrogens with zero attached hydrogens (tertiary/aromatic N) is 2. The second-order valence-corrected chi connectivity index (χ2v) is 6.22. The second kappa shape index (κ2) is 6.83. The third-order valence-corrected chi connectivity index (χ3v) is 4.08. The molecule has 0 aliphatic carbocycles. The van der Waals surface area contributed by atoms with Crippen molar-refractivity contribution in [1.82, 2.24) is 19.1 Å². The molecule has 0 spiro atoms. The molecule has 3 aromatic rings. The van der Waals surface area contributed by atoms with Gasteiger partial charge in [-0.25, -0.2) is 9.59 Å². The van der Waals surface area contributed by atoms with Crippen LogP contribution in [0.15, 0.2) is 55.8 Å². The quantitative estimate of drug-likeness (QED) is 0.692. The second-order valence-electron chi connectivity index (χ2n) is 6.22. The standard InChI is InChI=1S/C18H18N4O4/c1-11-7-21(17(25)19-15(11)23)9-13-4-3-5-14(6-13)10-22-8-12(2)16(24)20-18(22)26/h3-8H,9-10H2,1-2H3,(H,19,23,25)(H,20,24,26). The van der Waals surface area contributed by atoms with Crippen molar-refractivity contribution in [3.05, 3.63) is 101 Å². The summed E-state index contributed by atoms with van der Waals surface area (Å²) in [4.78, 5) is 51.3. The van der Waals surface area contributed by atoms with Gasteiger partial charge in [-0.3, -0.25) is 28.7 Å². The van der Waals surface area contributed by atoms with Crippen LogP contribution in [0, 0.1) is 13.8 Å². The predicted molar refractivity (Wildman–Crippen MR) is 96.8 cm³/mol. The highest BCUT2D eigenvalue weighted by Crippen LogP contribution is 2.08. The van der Waals surface area contributed by atoms with Gasteiger partial charge in [0.15, 0.2) is 0 Å². The minimum atomic E-state index is -0.474. The molecule has 134 valence electrons. The Morgan fingerprint density at radius 2 is 1.19 bits per heavy atom. The summed E-state index contributed by atoms with van der Waals surface area (Å²) >= 11 is 0. The van der Waals surface area contributed by atoms with Gasteiger partial charge < -0.3 is 0 Å². The summed E-state index contributed by atoms with van der Waals surface area (Å²) in [6.07, 6.45) is 3.03. The Bertz CT molecular complexity index is 1110. The fraction of sp³-hybridized carbons (Fsp3) is 0.222. The van der Waals surface area contributed by atoms with Gasteiger partial charge in [-0.2, -0.15) is 0 Å². The molecule has 0 amide bonds. The van der Waals surface area contributed by atoms with Gasteiger partial charge in [-0.15, -0.1) is 0 Å². The van der Waals surface area contributed by atoms with Crippen molar-refractivity contribution >= 4 is 0 Å². The number of hydrogen-bond acceptors (Lipinski definition) is 4. The largest absolute Gasteiger partial charge is 0.328 e. The van der Waals surface area contributed by atoms with E-state index in [9.17, 15) is 19.2 Å². The van der Waals surface area contributed by atoms with Gasteiger partial charge in [-0.05, 0) is 25.0 Å². The number of hydrogen-bond donors (Lipinski definition) is 2. The van der Waals surface area contributed by atoms with E-state index < -0.39 is 22.5 Å². The summed E-state index contributed by atoms with van der Waals surface area (Å²) in [6.45, 7) is 3.86. The highest BCUT2D eigenvalue weighted by Gasteiger charge is 2.05. The van der Waals surface area contributed by atoms with Gasteiger partial charge >= 0.3 is 11.4 Å². The predicted octanol–water partition coefficient (Wildman–Crippen LogP) is 0.100. The molecule has 0 saturated heterocycles. The summed E-state index contributed by atoms with van der Waals surface area (Å²) in [5, 5.41) is 0. The van der Waals surface area contributed by atoms with Gasteiger partial charge in [0.05, 0.1) is 13.1 Å². The van der Waals surface area contributed by atoms with Gasteiger partial charge in [0, 0.05) is 23.5 Å². The molecule has 2 aromatic heterocycles. The van der Waals surface area contributed by atoms with Crippen LogP contribution >= 0.6 is 0 Å². The molecule has 0 fully saturated rings.